The van der Waals surface area contributed by atoms with Gasteiger partial charge in [-0.25, -0.2) is 8.78 Å². The normalized spacial score (nSPS) is 11.9. The molecule has 0 heterocycles. The van der Waals surface area contributed by atoms with Crippen molar-refractivity contribution in [3.05, 3.63) is 29.3 Å². The summed E-state index contributed by atoms with van der Waals surface area (Å²) in [5.41, 5.74) is -1.78. The number of hydrogen-bond donors (Lipinski definition) is 1. The van der Waals surface area contributed by atoms with Crippen molar-refractivity contribution in [1.29, 1.82) is 0 Å². The van der Waals surface area contributed by atoms with Crippen molar-refractivity contribution in [2.24, 2.45) is 0 Å². The molecule has 0 fully saturated rings. The maximum absolute atomic E-state index is 13.4. The Morgan fingerprint density at radius 1 is 1.21 bits per heavy atom. The van der Waals surface area contributed by atoms with E-state index in [-0.39, 0.29) is 5.56 Å². The molecule has 0 bridgehead atoms. The van der Waals surface area contributed by atoms with Crippen molar-refractivity contribution < 1.29 is 13.9 Å². The molecule has 1 N–H and O–H groups in total. The average Bonchev–Trinajstić information content (AvgIpc) is 1.99. The van der Waals surface area contributed by atoms with Crippen LogP contribution < -0.4 is 0 Å². The second-order valence-electron chi connectivity index (χ2n) is 3.53. The van der Waals surface area contributed by atoms with Crippen LogP contribution in [0.4, 0.5) is 8.78 Å². The summed E-state index contributed by atoms with van der Waals surface area (Å²) >= 11 is 1.25. The molecule has 78 valence electrons. The highest BCUT2D eigenvalue weighted by Gasteiger charge is 2.25. The van der Waals surface area contributed by atoms with Gasteiger partial charge in [-0.1, -0.05) is 0 Å². The largest absolute Gasteiger partial charge is 0.386 e. The Labute approximate surface area is 86.1 Å². The first kappa shape index (κ1) is 11.5. The maximum Gasteiger partial charge on any atom is 0.133 e. The van der Waals surface area contributed by atoms with Gasteiger partial charge in [0, 0.05) is 4.90 Å². The molecule has 0 radical (unpaired) electrons. The second kappa shape index (κ2) is 3.87. The summed E-state index contributed by atoms with van der Waals surface area (Å²) in [5.74, 6) is -1.41. The van der Waals surface area contributed by atoms with Crippen LogP contribution in [0.15, 0.2) is 17.0 Å². The van der Waals surface area contributed by atoms with Crippen molar-refractivity contribution in [3.8, 4) is 0 Å². The Morgan fingerprint density at radius 3 is 1.93 bits per heavy atom. The van der Waals surface area contributed by atoms with E-state index in [9.17, 15) is 13.9 Å². The highest BCUT2D eigenvalue weighted by Crippen LogP contribution is 2.29. The standard InChI is InChI=1S/C10H12F2OS/c1-10(2,13)9-7(11)4-6(14-3)5-8(9)12/h4-5,13H,1-3H3. The zero-order valence-electron chi connectivity index (χ0n) is 8.27. The van der Waals surface area contributed by atoms with E-state index >= 15 is 0 Å². The molecule has 0 unspecified atom stereocenters. The Hall–Kier alpha value is -0.610. The number of thioether (sulfide) groups is 1. The molecule has 0 saturated carbocycles. The molecule has 0 aliphatic heterocycles. The Bertz CT molecular complexity index is 321. The lowest BCUT2D eigenvalue weighted by atomic mass is 9.97. The molecule has 0 aliphatic carbocycles. The van der Waals surface area contributed by atoms with Gasteiger partial charge in [-0.3, -0.25) is 0 Å². The molecule has 0 atom stereocenters. The lowest BCUT2D eigenvalue weighted by Gasteiger charge is -2.19. The van der Waals surface area contributed by atoms with Crippen LogP contribution in [0, 0.1) is 11.6 Å². The molecule has 1 rings (SSSR count). The topological polar surface area (TPSA) is 20.2 Å². The Balaban J connectivity index is 3.33. The van der Waals surface area contributed by atoms with E-state index in [1.807, 2.05) is 0 Å². The van der Waals surface area contributed by atoms with E-state index in [1.165, 1.54) is 37.7 Å². The molecule has 0 saturated heterocycles. The zero-order chi connectivity index (χ0) is 10.9. The maximum atomic E-state index is 13.4. The summed E-state index contributed by atoms with van der Waals surface area (Å²) in [4.78, 5) is 0.507. The van der Waals surface area contributed by atoms with E-state index in [1.54, 1.807) is 6.26 Å². The molecule has 0 aromatic heterocycles. The van der Waals surface area contributed by atoms with Crippen LogP contribution in [0.1, 0.15) is 19.4 Å². The predicted octanol–water partition coefficient (Wildman–Crippen LogP) is 2.91. The van der Waals surface area contributed by atoms with E-state index in [0.717, 1.165) is 0 Å². The Kier molecular flexibility index (Phi) is 3.17. The van der Waals surface area contributed by atoms with Crippen LogP contribution in [-0.4, -0.2) is 11.4 Å². The van der Waals surface area contributed by atoms with Crippen LogP contribution >= 0.6 is 11.8 Å². The van der Waals surface area contributed by atoms with Crippen LogP contribution in [0.25, 0.3) is 0 Å². The highest BCUT2D eigenvalue weighted by atomic mass is 32.2. The number of hydrogen-bond acceptors (Lipinski definition) is 2. The first-order chi connectivity index (χ1) is 6.36. The number of aliphatic hydroxyl groups is 1. The molecule has 1 aromatic carbocycles. The first-order valence-electron chi connectivity index (χ1n) is 4.12. The average molecular weight is 218 g/mol. The van der Waals surface area contributed by atoms with Gasteiger partial charge in [-0.05, 0) is 32.2 Å². The Morgan fingerprint density at radius 2 is 1.64 bits per heavy atom. The molecule has 0 amide bonds. The van der Waals surface area contributed by atoms with Crippen LogP contribution in [-0.2, 0) is 5.60 Å². The van der Waals surface area contributed by atoms with Crippen molar-refractivity contribution in [1.82, 2.24) is 0 Å². The molecular formula is C10H12F2OS. The summed E-state index contributed by atoms with van der Waals surface area (Å²) in [5, 5.41) is 9.53. The smallest absolute Gasteiger partial charge is 0.133 e. The van der Waals surface area contributed by atoms with Gasteiger partial charge >= 0.3 is 0 Å². The van der Waals surface area contributed by atoms with Gasteiger partial charge < -0.3 is 5.11 Å². The summed E-state index contributed by atoms with van der Waals surface area (Å²) in [7, 11) is 0. The van der Waals surface area contributed by atoms with Crippen LogP contribution in [0.3, 0.4) is 0 Å². The van der Waals surface area contributed by atoms with Gasteiger partial charge in [0.1, 0.15) is 11.6 Å². The lowest BCUT2D eigenvalue weighted by Crippen LogP contribution is -2.19. The third-order valence-electron chi connectivity index (χ3n) is 1.86. The van der Waals surface area contributed by atoms with Crippen LogP contribution in [0.2, 0.25) is 0 Å². The van der Waals surface area contributed by atoms with Gasteiger partial charge in [-0.15, -0.1) is 11.8 Å². The zero-order valence-corrected chi connectivity index (χ0v) is 9.08. The molecular weight excluding hydrogens is 206 g/mol. The molecule has 0 aliphatic rings. The van der Waals surface area contributed by atoms with Gasteiger partial charge in [-0.2, -0.15) is 0 Å². The number of rotatable bonds is 2. The molecule has 0 spiro atoms. The minimum Gasteiger partial charge on any atom is -0.386 e. The van der Waals surface area contributed by atoms with E-state index in [2.05, 4.69) is 0 Å². The molecule has 4 heteroatoms. The van der Waals surface area contributed by atoms with Crippen molar-refractivity contribution in [2.75, 3.05) is 6.26 Å². The highest BCUT2D eigenvalue weighted by molar-refractivity contribution is 7.98. The van der Waals surface area contributed by atoms with E-state index in [4.69, 9.17) is 0 Å². The first-order valence-corrected chi connectivity index (χ1v) is 5.34. The quantitative estimate of drug-likeness (QED) is 0.770. The van der Waals surface area contributed by atoms with E-state index in [0.29, 0.717) is 4.90 Å². The summed E-state index contributed by atoms with van der Waals surface area (Å²) in [6.45, 7) is 2.71. The number of halogens is 2. The van der Waals surface area contributed by atoms with E-state index < -0.39 is 17.2 Å². The van der Waals surface area contributed by atoms with Gasteiger partial charge in [0.2, 0.25) is 0 Å². The number of benzene rings is 1. The van der Waals surface area contributed by atoms with Crippen molar-refractivity contribution in [3.63, 3.8) is 0 Å². The monoisotopic (exact) mass is 218 g/mol. The van der Waals surface area contributed by atoms with Crippen LogP contribution in [0.5, 0.6) is 0 Å². The molecule has 14 heavy (non-hydrogen) atoms. The van der Waals surface area contributed by atoms with Crippen molar-refractivity contribution >= 4 is 11.8 Å². The summed E-state index contributed by atoms with van der Waals surface area (Å²) in [6, 6.07) is 2.45. The fraction of sp³-hybridized carbons (Fsp3) is 0.400. The fourth-order valence-corrected chi connectivity index (χ4v) is 1.69. The minimum absolute atomic E-state index is 0.282. The predicted molar refractivity (Wildman–Crippen MR) is 53.4 cm³/mol. The van der Waals surface area contributed by atoms with Gasteiger partial charge in [0.25, 0.3) is 0 Å². The minimum atomic E-state index is -1.49. The fourth-order valence-electron chi connectivity index (χ4n) is 1.25. The second-order valence-corrected chi connectivity index (χ2v) is 4.40. The lowest BCUT2D eigenvalue weighted by molar-refractivity contribution is 0.0701. The third-order valence-corrected chi connectivity index (χ3v) is 2.57. The third kappa shape index (κ3) is 2.25. The molecule has 1 nitrogen and oxygen atoms in total. The molecule has 1 aromatic rings. The van der Waals surface area contributed by atoms with Gasteiger partial charge in [0.05, 0.1) is 11.2 Å². The van der Waals surface area contributed by atoms with Crippen molar-refractivity contribution in [2.45, 2.75) is 24.3 Å². The SMILES string of the molecule is CSc1cc(F)c(C(C)(C)O)c(F)c1. The van der Waals surface area contributed by atoms with Gasteiger partial charge in [0.15, 0.2) is 0 Å². The summed E-state index contributed by atoms with van der Waals surface area (Å²) < 4.78 is 26.8. The summed E-state index contributed by atoms with van der Waals surface area (Å²) in [6.07, 6.45) is 1.73.